The Bertz CT molecular complexity index is 688. The van der Waals surface area contributed by atoms with Gasteiger partial charge in [0.2, 0.25) is 0 Å². The third-order valence-electron chi connectivity index (χ3n) is 5.23. The molecule has 1 aliphatic carbocycles. The van der Waals surface area contributed by atoms with Crippen molar-refractivity contribution in [3.63, 3.8) is 0 Å². The molecule has 5 nitrogen and oxygen atoms in total. The maximum absolute atomic E-state index is 13.1. The fourth-order valence-electron chi connectivity index (χ4n) is 4.64. The van der Waals surface area contributed by atoms with E-state index in [0.717, 1.165) is 11.3 Å². The Labute approximate surface area is 153 Å². The molecule has 3 amide bonds. The fraction of sp³-hybridized carbons (Fsp3) is 0.579. The second-order valence-electron chi connectivity index (χ2n) is 8.35. The van der Waals surface area contributed by atoms with Gasteiger partial charge in [-0.3, -0.25) is 9.69 Å². The van der Waals surface area contributed by atoms with Crippen LogP contribution in [0.25, 0.3) is 0 Å². The third-order valence-corrected chi connectivity index (χ3v) is 5.49. The molecule has 1 aliphatic heterocycles. The van der Waals surface area contributed by atoms with Crippen LogP contribution < -0.4 is 5.32 Å². The zero-order valence-electron chi connectivity index (χ0n) is 14.9. The van der Waals surface area contributed by atoms with Crippen LogP contribution in [0, 0.1) is 11.3 Å². The molecule has 0 unspecified atom stereocenters. The quantitative estimate of drug-likeness (QED) is 0.806. The first-order valence-electron chi connectivity index (χ1n) is 8.70. The molecule has 1 heterocycles. The van der Waals surface area contributed by atoms with Crippen molar-refractivity contribution in [3.05, 3.63) is 34.9 Å². The van der Waals surface area contributed by atoms with Crippen LogP contribution in [0.3, 0.4) is 0 Å². The van der Waals surface area contributed by atoms with E-state index in [1.165, 1.54) is 0 Å². The van der Waals surface area contributed by atoms with Crippen LogP contribution in [-0.2, 0) is 4.79 Å². The van der Waals surface area contributed by atoms with Gasteiger partial charge in [-0.25, -0.2) is 4.79 Å². The molecule has 6 heteroatoms. The Kier molecular flexibility index (Phi) is 4.58. The number of rotatable bonds is 3. The van der Waals surface area contributed by atoms with Gasteiger partial charge < -0.3 is 10.4 Å². The zero-order chi connectivity index (χ0) is 18.4. The third kappa shape index (κ3) is 3.53. The average molecular weight is 365 g/mol. The number of hydrogen-bond donors (Lipinski definition) is 2. The predicted molar refractivity (Wildman–Crippen MR) is 96.2 cm³/mol. The number of imide groups is 1. The largest absolute Gasteiger partial charge is 0.387 e. The van der Waals surface area contributed by atoms with Gasteiger partial charge in [0, 0.05) is 5.02 Å². The SMILES string of the molecule is C[C@@H]1CC(C)(C)C[C@@]2(C1)NC(=O)N(C[C@H](O)c1ccc(Cl)cc1)C2=O. The number of aliphatic hydroxyl groups is 1. The number of halogens is 1. The number of nitrogens with one attached hydrogen (secondary N) is 1. The number of hydrogen-bond acceptors (Lipinski definition) is 3. The van der Waals surface area contributed by atoms with E-state index in [-0.39, 0.29) is 17.9 Å². The summed E-state index contributed by atoms with van der Waals surface area (Å²) >= 11 is 5.86. The molecule has 1 aromatic rings. The highest BCUT2D eigenvalue weighted by Gasteiger charge is 2.56. The summed E-state index contributed by atoms with van der Waals surface area (Å²) in [5.41, 5.74) is -0.216. The van der Waals surface area contributed by atoms with Crippen molar-refractivity contribution in [1.82, 2.24) is 10.2 Å². The average Bonchev–Trinajstić information content (AvgIpc) is 2.69. The maximum atomic E-state index is 13.1. The Morgan fingerprint density at radius 1 is 1.28 bits per heavy atom. The molecule has 136 valence electrons. The molecule has 2 aliphatic rings. The first-order chi connectivity index (χ1) is 11.6. The van der Waals surface area contributed by atoms with E-state index in [4.69, 9.17) is 11.6 Å². The lowest BCUT2D eigenvalue weighted by Gasteiger charge is -2.43. The molecule has 0 bridgehead atoms. The molecular weight excluding hydrogens is 340 g/mol. The van der Waals surface area contributed by atoms with E-state index >= 15 is 0 Å². The van der Waals surface area contributed by atoms with Crippen molar-refractivity contribution in [3.8, 4) is 0 Å². The smallest absolute Gasteiger partial charge is 0.325 e. The molecule has 0 aromatic heterocycles. The molecule has 1 saturated heterocycles. The summed E-state index contributed by atoms with van der Waals surface area (Å²) in [6.07, 6.45) is 1.37. The number of nitrogens with zero attached hydrogens (tertiary/aromatic N) is 1. The van der Waals surface area contributed by atoms with Crippen molar-refractivity contribution >= 4 is 23.5 Å². The summed E-state index contributed by atoms with van der Waals surface area (Å²) in [6.45, 7) is 6.33. The van der Waals surface area contributed by atoms with E-state index in [9.17, 15) is 14.7 Å². The number of aliphatic hydroxyl groups excluding tert-OH is 1. The molecule has 25 heavy (non-hydrogen) atoms. The van der Waals surface area contributed by atoms with Gasteiger partial charge in [0.15, 0.2) is 0 Å². The standard InChI is InChI=1S/C19H25ClN2O3/c1-12-8-18(2,3)11-19(9-12)16(24)22(17(25)21-19)10-15(23)13-4-6-14(20)7-5-13/h4-7,12,15,23H,8-11H2,1-3H3,(H,21,25)/t12-,15+,19-/m1/s1. The van der Waals surface area contributed by atoms with Crippen LogP contribution in [0.4, 0.5) is 4.79 Å². The lowest BCUT2D eigenvalue weighted by atomic mass is 9.64. The van der Waals surface area contributed by atoms with Gasteiger partial charge in [0.05, 0.1) is 12.6 Å². The highest BCUT2D eigenvalue weighted by atomic mass is 35.5. The summed E-state index contributed by atoms with van der Waals surface area (Å²) in [7, 11) is 0. The number of β-amino-alcohol motifs (C(OH)–C–C–N with tert-alkyl or cyclic N) is 1. The highest BCUT2D eigenvalue weighted by Crippen LogP contribution is 2.46. The molecule has 1 spiro atoms. The lowest BCUT2D eigenvalue weighted by molar-refractivity contribution is -0.135. The van der Waals surface area contributed by atoms with Gasteiger partial charge in [0.25, 0.3) is 5.91 Å². The minimum absolute atomic E-state index is 0.00852. The predicted octanol–water partition coefficient (Wildman–Crippen LogP) is 3.51. The number of carbonyl (C=O) groups excluding carboxylic acids is 2. The van der Waals surface area contributed by atoms with Crippen molar-refractivity contribution in [2.75, 3.05) is 6.54 Å². The van der Waals surface area contributed by atoms with E-state index < -0.39 is 17.7 Å². The Morgan fingerprint density at radius 3 is 2.52 bits per heavy atom. The van der Waals surface area contributed by atoms with Gasteiger partial charge in [-0.15, -0.1) is 0 Å². The number of benzene rings is 1. The lowest BCUT2D eigenvalue weighted by Crippen LogP contribution is -2.54. The van der Waals surface area contributed by atoms with Crippen molar-refractivity contribution in [1.29, 1.82) is 0 Å². The van der Waals surface area contributed by atoms with Crippen LogP contribution in [0.1, 0.15) is 51.7 Å². The van der Waals surface area contributed by atoms with E-state index in [0.29, 0.717) is 29.3 Å². The topological polar surface area (TPSA) is 69.6 Å². The van der Waals surface area contributed by atoms with Crippen molar-refractivity contribution < 1.29 is 14.7 Å². The summed E-state index contributed by atoms with van der Waals surface area (Å²) in [5.74, 6) is 0.138. The summed E-state index contributed by atoms with van der Waals surface area (Å²) in [5, 5.41) is 13.9. The monoisotopic (exact) mass is 364 g/mol. The van der Waals surface area contributed by atoms with E-state index in [1.807, 2.05) is 0 Å². The summed E-state index contributed by atoms with van der Waals surface area (Å²) in [4.78, 5) is 26.7. The van der Waals surface area contributed by atoms with Gasteiger partial charge >= 0.3 is 6.03 Å². The minimum atomic E-state index is -0.934. The summed E-state index contributed by atoms with van der Waals surface area (Å²) in [6, 6.07) is 6.35. The minimum Gasteiger partial charge on any atom is -0.387 e. The second-order valence-corrected chi connectivity index (χ2v) is 8.79. The Balaban J connectivity index is 1.78. The second kappa shape index (κ2) is 6.29. The molecule has 2 fully saturated rings. The Morgan fingerprint density at radius 2 is 1.92 bits per heavy atom. The molecular formula is C19H25ClN2O3. The van der Waals surface area contributed by atoms with Crippen LogP contribution in [0.15, 0.2) is 24.3 Å². The number of amides is 3. The van der Waals surface area contributed by atoms with Gasteiger partial charge in [-0.05, 0) is 48.3 Å². The molecule has 1 aromatic carbocycles. The number of carbonyl (C=O) groups is 2. The first-order valence-corrected chi connectivity index (χ1v) is 9.07. The van der Waals surface area contributed by atoms with Gasteiger partial charge in [-0.1, -0.05) is 44.5 Å². The van der Waals surface area contributed by atoms with Gasteiger partial charge in [0.1, 0.15) is 5.54 Å². The number of urea groups is 1. The van der Waals surface area contributed by atoms with E-state index in [2.05, 4.69) is 26.1 Å². The molecule has 0 radical (unpaired) electrons. The van der Waals surface area contributed by atoms with Crippen LogP contribution in [0.2, 0.25) is 5.02 Å². The van der Waals surface area contributed by atoms with Gasteiger partial charge in [-0.2, -0.15) is 0 Å². The van der Waals surface area contributed by atoms with Crippen LogP contribution in [0.5, 0.6) is 0 Å². The fourth-order valence-corrected chi connectivity index (χ4v) is 4.76. The summed E-state index contributed by atoms with van der Waals surface area (Å²) < 4.78 is 0. The van der Waals surface area contributed by atoms with E-state index in [1.54, 1.807) is 24.3 Å². The zero-order valence-corrected chi connectivity index (χ0v) is 15.6. The molecule has 2 N–H and O–H groups in total. The molecule has 3 rings (SSSR count). The van der Waals surface area contributed by atoms with Crippen LogP contribution in [-0.4, -0.2) is 34.0 Å². The normalized spacial score (nSPS) is 29.8. The van der Waals surface area contributed by atoms with Crippen molar-refractivity contribution in [2.45, 2.75) is 51.7 Å². The van der Waals surface area contributed by atoms with Crippen molar-refractivity contribution in [2.24, 2.45) is 11.3 Å². The maximum Gasteiger partial charge on any atom is 0.325 e. The Hall–Kier alpha value is -1.59. The first kappa shape index (κ1) is 18.2. The highest BCUT2D eigenvalue weighted by molar-refractivity contribution is 6.30. The van der Waals surface area contributed by atoms with Crippen LogP contribution >= 0.6 is 11.6 Å². The molecule has 1 saturated carbocycles. The molecule has 3 atom stereocenters.